The molecule has 426 valence electrons. The average molecular weight is 1120 g/mol. The quantitative estimate of drug-likeness (QED) is 0.0465. The number of nitrogens with one attached hydrogen (secondary N) is 3. The number of piperazine rings is 1. The van der Waals surface area contributed by atoms with E-state index in [0.717, 1.165) is 50.7 Å². The number of aromatic nitrogens is 3. The summed E-state index contributed by atoms with van der Waals surface area (Å²) in [4.78, 5) is 43.4. The maximum atomic E-state index is 15.3. The number of hydrogen-bond acceptors (Lipinski definition) is 15. The molecular formula is C58H68F3N9O9S. The normalized spacial score (nSPS) is 20.9. The van der Waals surface area contributed by atoms with Gasteiger partial charge in [-0.15, -0.1) is 0 Å². The monoisotopic (exact) mass is 1120 g/mol. The molecule has 0 radical (unpaired) electrons. The van der Waals surface area contributed by atoms with Crippen molar-refractivity contribution in [2.24, 2.45) is 11.3 Å². The Hall–Kier alpha value is -7.01. The second-order valence-corrected chi connectivity index (χ2v) is 24.2. The van der Waals surface area contributed by atoms with Crippen LogP contribution in [-0.2, 0) is 16.6 Å². The molecule has 1 atom stereocenters. The number of amides is 1. The fourth-order valence-electron chi connectivity index (χ4n) is 12.2. The third-order valence-corrected chi connectivity index (χ3v) is 18.1. The number of hydrogen-bond donors (Lipinski definition) is 4. The lowest BCUT2D eigenvalue weighted by atomic mass is 9.59. The predicted molar refractivity (Wildman–Crippen MR) is 295 cm³/mol. The molecule has 0 unspecified atom stereocenters. The fraction of sp³-hybridized carbons (Fsp3) is 0.466. The summed E-state index contributed by atoms with van der Waals surface area (Å²) in [5.41, 5.74) is 2.15. The minimum atomic E-state index is -4.78. The van der Waals surface area contributed by atoms with Crippen LogP contribution in [0.2, 0.25) is 0 Å². The van der Waals surface area contributed by atoms with Crippen LogP contribution in [0, 0.1) is 38.9 Å². The van der Waals surface area contributed by atoms with Gasteiger partial charge in [-0.25, -0.2) is 26.9 Å². The van der Waals surface area contributed by atoms with Crippen molar-refractivity contribution in [1.29, 1.82) is 0 Å². The highest BCUT2D eigenvalue weighted by molar-refractivity contribution is 7.90. The third-order valence-electron chi connectivity index (χ3n) is 16.8. The first-order valence-corrected chi connectivity index (χ1v) is 28.9. The molecule has 3 aromatic carbocycles. The maximum absolute atomic E-state index is 15.3. The molecule has 4 fully saturated rings. The number of aromatic amines is 1. The van der Waals surface area contributed by atoms with E-state index in [1.165, 1.54) is 36.4 Å². The van der Waals surface area contributed by atoms with Crippen LogP contribution in [-0.4, -0.2) is 114 Å². The molecule has 4 N–H and O–H groups in total. The van der Waals surface area contributed by atoms with Gasteiger partial charge in [0.2, 0.25) is 11.6 Å². The number of rotatable bonds is 18. The number of ether oxygens (including phenoxy) is 3. The second kappa shape index (κ2) is 22.9. The second-order valence-electron chi connectivity index (χ2n) is 22.5. The van der Waals surface area contributed by atoms with E-state index in [1.807, 2.05) is 4.72 Å². The van der Waals surface area contributed by atoms with Gasteiger partial charge in [0, 0.05) is 93.5 Å². The number of carbonyl (C=O) groups is 1. The summed E-state index contributed by atoms with van der Waals surface area (Å²) in [6, 6.07) is 18.9. The first-order valence-electron chi connectivity index (χ1n) is 27.4. The number of piperidine rings is 1. The summed E-state index contributed by atoms with van der Waals surface area (Å²) in [5, 5.41) is 25.7. The summed E-state index contributed by atoms with van der Waals surface area (Å²) < 4.78 is 92.2. The zero-order valence-corrected chi connectivity index (χ0v) is 46.4. The Morgan fingerprint density at radius 3 is 2.42 bits per heavy atom. The van der Waals surface area contributed by atoms with E-state index in [-0.39, 0.29) is 87.6 Å². The zero-order chi connectivity index (χ0) is 56.7. The molecule has 2 aliphatic heterocycles. The highest BCUT2D eigenvalue weighted by Crippen LogP contribution is 2.54. The van der Waals surface area contributed by atoms with Crippen molar-refractivity contribution >= 4 is 44.2 Å². The molecule has 22 heteroatoms. The summed E-state index contributed by atoms with van der Waals surface area (Å²) in [6.07, 6.45) is 8.34. The number of aliphatic hydroxyl groups is 1. The number of nitro groups is 1. The smallest absolute Gasteiger partial charge is 0.312 e. The average Bonchev–Trinajstić information content (AvgIpc) is 3.94. The van der Waals surface area contributed by atoms with Gasteiger partial charge in [0.15, 0.2) is 17.3 Å². The number of fused-ring (bicyclic) bond motifs is 1. The van der Waals surface area contributed by atoms with Gasteiger partial charge in [-0.05, 0) is 112 Å². The van der Waals surface area contributed by atoms with Crippen molar-refractivity contribution in [1.82, 2.24) is 29.5 Å². The number of methoxy groups -OCH3 is 1. The Labute approximate surface area is 463 Å². The number of benzene rings is 3. The molecule has 18 nitrogen and oxygen atoms in total. The largest absolute Gasteiger partial charge is 0.494 e. The number of anilines is 2. The number of sulfonamides is 1. The Bertz CT molecular complexity index is 3390. The van der Waals surface area contributed by atoms with Crippen LogP contribution < -0.4 is 29.1 Å². The van der Waals surface area contributed by atoms with Gasteiger partial charge in [0.05, 0.1) is 41.4 Å². The van der Waals surface area contributed by atoms with Gasteiger partial charge in [-0.3, -0.25) is 24.7 Å². The third kappa shape index (κ3) is 11.8. The highest BCUT2D eigenvalue weighted by atomic mass is 32.2. The van der Waals surface area contributed by atoms with Crippen LogP contribution in [0.25, 0.3) is 11.0 Å². The van der Waals surface area contributed by atoms with E-state index in [4.69, 9.17) is 14.2 Å². The molecule has 3 aromatic heterocycles. The fourth-order valence-corrected chi connectivity index (χ4v) is 13.1. The van der Waals surface area contributed by atoms with Gasteiger partial charge < -0.3 is 34.5 Å². The minimum absolute atomic E-state index is 0.00833. The number of H-pyrrole nitrogens is 1. The Kier molecular flexibility index (Phi) is 16.1. The summed E-state index contributed by atoms with van der Waals surface area (Å²) in [5.74, 6) is -3.60. The topological polar surface area (TPSA) is 218 Å². The molecular weight excluding hydrogens is 1060 g/mol. The molecule has 0 bridgehead atoms. The van der Waals surface area contributed by atoms with Crippen molar-refractivity contribution in [2.45, 2.75) is 114 Å². The van der Waals surface area contributed by atoms with E-state index in [2.05, 4.69) is 73.1 Å². The van der Waals surface area contributed by atoms with E-state index < -0.39 is 54.5 Å². The zero-order valence-electron chi connectivity index (χ0n) is 45.6. The van der Waals surface area contributed by atoms with E-state index in [1.54, 1.807) is 32.0 Å². The van der Waals surface area contributed by atoms with E-state index >= 15 is 8.78 Å². The summed E-state index contributed by atoms with van der Waals surface area (Å²) in [6.45, 7) is 12.0. The van der Waals surface area contributed by atoms with E-state index in [0.29, 0.717) is 70.1 Å². The van der Waals surface area contributed by atoms with Gasteiger partial charge in [0.25, 0.3) is 21.8 Å². The molecule has 1 spiro atoms. The Morgan fingerprint density at radius 2 is 1.71 bits per heavy atom. The number of halogens is 3. The van der Waals surface area contributed by atoms with Crippen molar-refractivity contribution in [3.63, 3.8) is 0 Å². The molecule has 5 heterocycles. The van der Waals surface area contributed by atoms with Gasteiger partial charge in [0.1, 0.15) is 22.1 Å². The number of pyridine rings is 2. The van der Waals surface area contributed by atoms with Crippen LogP contribution in [0.3, 0.4) is 0 Å². The Balaban J connectivity index is 0.865. The van der Waals surface area contributed by atoms with Crippen LogP contribution in [0.4, 0.5) is 30.4 Å². The standard InChI is InChI=1S/C58H68F3N9O9S/c1-6-78-56-50(27-44-45(59)32-64-53(44)65-56)79-49-25-38(12-13-43(49)55(71)66-80(75,76)40-26-46(70(73)74)54(63-31-40)62-30-36-15-17-57(4,72)18-16-36)68-21-19-58(20-22-68)28-39(29-58)69-24-23-67(33-37-11-14-48(77-5)52(61)51(37)60)34-47(69)42-10-8-7-9-41(42)35(2)3/h7-14,25-27,31-32,35-36,39,47,72H,6,15-24,28-30,33-34H2,1-5H3,(H,62,63)(H,64,65)(H,66,71)/t36?,47-,57?/m0/s1. The number of carbonyl (C=O) groups excluding carboxylic acids is 1. The first kappa shape index (κ1) is 56.3. The predicted octanol–water partition coefficient (Wildman–Crippen LogP) is 10.4. The van der Waals surface area contributed by atoms with Crippen molar-refractivity contribution in [3.8, 4) is 23.1 Å². The van der Waals surface area contributed by atoms with Gasteiger partial charge in [-0.2, -0.15) is 9.37 Å². The molecule has 4 aliphatic rings. The maximum Gasteiger partial charge on any atom is 0.312 e. The van der Waals surface area contributed by atoms with Crippen LogP contribution in [0.15, 0.2) is 84.0 Å². The molecule has 2 saturated carbocycles. The molecule has 2 aliphatic carbocycles. The lowest BCUT2D eigenvalue weighted by Gasteiger charge is -2.58. The highest BCUT2D eigenvalue weighted by Gasteiger charge is 2.50. The summed E-state index contributed by atoms with van der Waals surface area (Å²) >= 11 is 0. The molecule has 6 aromatic rings. The van der Waals surface area contributed by atoms with Crippen LogP contribution in [0.1, 0.15) is 118 Å². The molecule has 80 heavy (non-hydrogen) atoms. The van der Waals surface area contributed by atoms with Gasteiger partial charge in [-0.1, -0.05) is 44.2 Å². The van der Waals surface area contributed by atoms with Crippen molar-refractivity contribution in [2.75, 3.05) is 63.2 Å². The SMILES string of the molecule is CCOc1nc2[nH]cc(F)c2cc1Oc1cc(N2CCC3(CC2)CC(N2CCN(Cc4ccc(OC)c(F)c4F)C[C@H]2c2ccccc2C(C)C)C3)ccc1C(=O)NS(=O)(=O)c1cnc(NCC2CCC(C)(O)CC2)c([N+](=O)[O-])c1. The van der Waals surface area contributed by atoms with Crippen LogP contribution >= 0.6 is 0 Å². The summed E-state index contributed by atoms with van der Waals surface area (Å²) in [7, 11) is -3.46. The van der Waals surface area contributed by atoms with E-state index in [9.17, 15) is 32.8 Å². The molecule has 1 amide bonds. The lowest BCUT2D eigenvalue weighted by molar-refractivity contribution is -0.384. The van der Waals surface area contributed by atoms with Gasteiger partial charge >= 0.3 is 5.69 Å². The number of nitrogens with zero attached hydrogens (tertiary/aromatic N) is 6. The van der Waals surface area contributed by atoms with Crippen molar-refractivity contribution in [3.05, 3.63) is 129 Å². The van der Waals surface area contributed by atoms with Crippen LogP contribution in [0.5, 0.6) is 23.1 Å². The lowest BCUT2D eigenvalue weighted by Crippen LogP contribution is -2.60. The molecule has 10 rings (SSSR count). The Morgan fingerprint density at radius 1 is 0.963 bits per heavy atom. The minimum Gasteiger partial charge on any atom is -0.494 e. The van der Waals surface area contributed by atoms with Crippen molar-refractivity contribution < 1.29 is 50.6 Å². The first-order chi connectivity index (χ1) is 38.2. The molecule has 2 saturated heterocycles.